The van der Waals surface area contributed by atoms with E-state index in [4.69, 9.17) is 9.15 Å². The van der Waals surface area contributed by atoms with Gasteiger partial charge in [0.2, 0.25) is 0 Å². The smallest absolute Gasteiger partial charge is 0.412 e. The predicted octanol–water partition coefficient (Wildman–Crippen LogP) is 5.13. The minimum Gasteiger partial charge on any atom is -0.459 e. The first-order valence-corrected chi connectivity index (χ1v) is 9.56. The van der Waals surface area contributed by atoms with Crippen molar-refractivity contribution < 1.29 is 23.5 Å². The van der Waals surface area contributed by atoms with Gasteiger partial charge in [-0.1, -0.05) is 0 Å². The van der Waals surface area contributed by atoms with E-state index in [1.807, 2.05) is 0 Å². The molecule has 0 fully saturated rings. The molecule has 0 unspecified atom stereocenters. The van der Waals surface area contributed by atoms with E-state index in [2.05, 4.69) is 16.0 Å². The third kappa shape index (κ3) is 6.46. The van der Waals surface area contributed by atoms with Crippen LogP contribution in [-0.2, 0) is 4.74 Å². The van der Waals surface area contributed by atoms with Gasteiger partial charge in [0.1, 0.15) is 5.60 Å². The molecule has 0 aliphatic rings. The topological polar surface area (TPSA) is 110 Å². The molecule has 0 saturated heterocycles. The van der Waals surface area contributed by atoms with E-state index >= 15 is 0 Å². The van der Waals surface area contributed by atoms with Gasteiger partial charge in [0.15, 0.2) is 5.76 Å². The van der Waals surface area contributed by atoms with Crippen LogP contribution in [0.25, 0.3) is 0 Å². The lowest BCUT2D eigenvalue weighted by Crippen LogP contribution is -2.27. The van der Waals surface area contributed by atoms with Gasteiger partial charge in [-0.15, -0.1) is 0 Å². The lowest BCUT2D eigenvalue weighted by molar-refractivity contribution is 0.0635. The maximum atomic E-state index is 12.4. The average molecular weight is 421 g/mol. The molecular weight excluding hydrogens is 398 g/mol. The second kappa shape index (κ2) is 9.17. The Balaban J connectivity index is 1.55. The summed E-state index contributed by atoms with van der Waals surface area (Å²) in [5.74, 6) is -0.458. The normalized spacial score (nSPS) is 10.8. The molecule has 3 rings (SSSR count). The van der Waals surface area contributed by atoms with Crippen LogP contribution in [0.1, 0.15) is 41.7 Å². The van der Waals surface area contributed by atoms with E-state index < -0.39 is 11.7 Å². The van der Waals surface area contributed by atoms with Gasteiger partial charge in [0, 0.05) is 22.6 Å². The number of hydrogen-bond donors (Lipinski definition) is 3. The van der Waals surface area contributed by atoms with Crippen LogP contribution < -0.4 is 16.0 Å². The maximum Gasteiger partial charge on any atom is 0.412 e. The highest BCUT2D eigenvalue weighted by Gasteiger charge is 2.16. The highest BCUT2D eigenvalue weighted by Crippen LogP contribution is 2.17. The molecule has 160 valence electrons. The number of carbonyl (C=O) groups is 3. The molecule has 1 aromatic heterocycles. The fourth-order valence-electron chi connectivity index (χ4n) is 2.57. The molecule has 0 aliphatic carbocycles. The molecule has 0 radical (unpaired) electrons. The van der Waals surface area contributed by atoms with Crippen LogP contribution in [0.15, 0.2) is 71.3 Å². The number of amides is 3. The minimum atomic E-state index is -0.596. The predicted molar refractivity (Wildman–Crippen MR) is 117 cm³/mol. The largest absolute Gasteiger partial charge is 0.459 e. The Morgan fingerprint density at radius 1 is 0.742 bits per heavy atom. The van der Waals surface area contributed by atoms with Crippen molar-refractivity contribution in [3.63, 3.8) is 0 Å². The number of benzene rings is 2. The molecule has 0 spiro atoms. The van der Waals surface area contributed by atoms with E-state index in [9.17, 15) is 14.4 Å². The summed E-state index contributed by atoms with van der Waals surface area (Å²) in [6, 6.07) is 16.3. The average Bonchev–Trinajstić information content (AvgIpc) is 3.23. The van der Waals surface area contributed by atoms with Gasteiger partial charge >= 0.3 is 6.09 Å². The standard InChI is InChI=1S/C23H23N3O5/c1-23(2,3)31-22(29)26-18-8-6-15(7-9-18)20(27)24-16-10-12-17(13-11-16)25-21(28)19-5-4-14-30-19/h4-14H,1-3H3,(H,24,27)(H,25,28)(H,26,29). The lowest BCUT2D eigenvalue weighted by atomic mass is 10.2. The molecule has 31 heavy (non-hydrogen) atoms. The van der Waals surface area contributed by atoms with Crippen LogP contribution in [0.3, 0.4) is 0 Å². The van der Waals surface area contributed by atoms with Crippen molar-refractivity contribution in [1.82, 2.24) is 0 Å². The highest BCUT2D eigenvalue weighted by atomic mass is 16.6. The number of furan rings is 1. The Morgan fingerprint density at radius 2 is 1.26 bits per heavy atom. The Labute approximate surface area is 179 Å². The highest BCUT2D eigenvalue weighted by molar-refractivity contribution is 6.05. The molecular formula is C23H23N3O5. The van der Waals surface area contributed by atoms with Crippen LogP contribution in [0.5, 0.6) is 0 Å². The molecule has 3 aromatic rings. The fraction of sp³-hybridized carbons (Fsp3) is 0.174. The first kappa shape index (κ1) is 21.6. The number of nitrogens with one attached hydrogen (secondary N) is 3. The van der Waals surface area contributed by atoms with E-state index in [1.54, 1.807) is 81.4 Å². The Kier molecular flexibility index (Phi) is 6.40. The van der Waals surface area contributed by atoms with E-state index in [0.29, 0.717) is 22.6 Å². The number of hydrogen-bond acceptors (Lipinski definition) is 5. The monoisotopic (exact) mass is 421 g/mol. The molecule has 8 nitrogen and oxygen atoms in total. The molecule has 0 saturated carbocycles. The second-order valence-corrected chi connectivity index (χ2v) is 7.67. The molecule has 0 atom stereocenters. The third-order valence-electron chi connectivity index (χ3n) is 3.94. The van der Waals surface area contributed by atoms with Crippen LogP contribution in [0.2, 0.25) is 0 Å². The summed E-state index contributed by atoms with van der Waals surface area (Å²) in [5.41, 5.74) is 1.47. The molecule has 0 aliphatic heterocycles. The van der Waals surface area contributed by atoms with Crippen molar-refractivity contribution in [2.45, 2.75) is 26.4 Å². The summed E-state index contributed by atoms with van der Waals surface area (Å²) in [6.45, 7) is 5.33. The van der Waals surface area contributed by atoms with Crippen molar-refractivity contribution >= 4 is 35.0 Å². The SMILES string of the molecule is CC(C)(C)OC(=O)Nc1ccc(C(=O)Nc2ccc(NC(=O)c3ccco3)cc2)cc1. The van der Waals surface area contributed by atoms with Crippen LogP contribution >= 0.6 is 0 Å². The zero-order valence-electron chi connectivity index (χ0n) is 17.4. The van der Waals surface area contributed by atoms with E-state index in [0.717, 1.165) is 0 Å². The summed E-state index contributed by atoms with van der Waals surface area (Å²) >= 11 is 0. The first-order valence-electron chi connectivity index (χ1n) is 9.56. The van der Waals surface area contributed by atoms with Crippen molar-refractivity contribution in [1.29, 1.82) is 0 Å². The lowest BCUT2D eigenvalue weighted by Gasteiger charge is -2.19. The fourth-order valence-corrected chi connectivity index (χ4v) is 2.57. The summed E-state index contributed by atoms with van der Waals surface area (Å²) in [5, 5.41) is 8.09. The summed E-state index contributed by atoms with van der Waals surface area (Å²) in [6.07, 6.45) is 0.858. The van der Waals surface area contributed by atoms with Gasteiger partial charge in [0.05, 0.1) is 6.26 Å². The van der Waals surface area contributed by atoms with Crippen LogP contribution in [0.4, 0.5) is 21.9 Å². The minimum absolute atomic E-state index is 0.210. The van der Waals surface area contributed by atoms with Crippen molar-refractivity contribution in [3.05, 3.63) is 78.3 Å². The van der Waals surface area contributed by atoms with Gasteiger partial charge in [-0.2, -0.15) is 0 Å². The molecule has 0 bridgehead atoms. The Bertz CT molecular complexity index is 1050. The Morgan fingerprint density at radius 3 is 1.77 bits per heavy atom. The van der Waals surface area contributed by atoms with Gasteiger partial charge in [-0.05, 0) is 81.4 Å². The van der Waals surface area contributed by atoms with Gasteiger partial charge in [0.25, 0.3) is 11.8 Å². The summed E-state index contributed by atoms with van der Waals surface area (Å²) < 4.78 is 10.2. The quantitative estimate of drug-likeness (QED) is 0.529. The van der Waals surface area contributed by atoms with Crippen molar-refractivity contribution in [2.75, 3.05) is 16.0 Å². The van der Waals surface area contributed by atoms with E-state index in [1.165, 1.54) is 6.26 Å². The number of ether oxygens (including phenoxy) is 1. The number of rotatable bonds is 5. The molecule has 2 aromatic carbocycles. The second-order valence-electron chi connectivity index (χ2n) is 7.67. The third-order valence-corrected chi connectivity index (χ3v) is 3.94. The number of anilines is 3. The Hall–Kier alpha value is -4.07. The molecule has 3 N–H and O–H groups in total. The van der Waals surface area contributed by atoms with Crippen LogP contribution in [-0.4, -0.2) is 23.5 Å². The van der Waals surface area contributed by atoms with Gasteiger partial charge in [-0.25, -0.2) is 4.79 Å². The van der Waals surface area contributed by atoms with Gasteiger partial charge in [-0.3, -0.25) is 14.9 Å². The maximum absolute atomic E-state index is 12.4. The van der Waals surface area contributed by atoms with Crippen LogP contribution in [0, 0.1) is 0 Å². The van der Waals surface area contributed by atoms with E-state index in [-0.39, 0.29) is 17.6 Å². The summed E-state index contributed by atoms with van der Waals surface area (Å²) in [4.78, 5) is 36.2. The molecule has 3 amide bonds. The zero-order chi connectivity index (χ0) is 22.4. The first-order chi connectivity index (χ1) is 14.7. The van der Waals surface area contributed by atoms with Crippen molar-refractivity contribution in [3.8, 4) is 0 Å². The van der Waals surface area contributed by atoms with Crippen molar-refractivity contribution in [2.24, 2.45) is 0 Å². The zero-order valence-corrected chi connectivity index (χ0v) is 17.4. The number of carbonyl (C=O) groups excluding carboxylic acids is 3. The molecule has 1 heterocycles. The summed E-state index contributed by atoms with van der Waals surface area (Å²) in [7, 11) is 0. The van der Waals surface area contributed by atoms with Gasteiger partial charge < -0.3 is 19.8 Å². The molecule has 8 heteroatoms.